The van der Waals surface area contributed by atoms with Crippen LogP contribution in [-0.2, 0) is 0 Å². The summed E-state index contributed by atoms with van der Waals surface area (Å²) in [5.74, 6) is 4.51. The van der Waals surface area contributed by atoms with Crippen LogP contribution >= 0.6 is 0 Å². The van der Waals surface area contributed by atoms with Crippen LogP contribution in [0.3, 0.4) is 0 Å². The van der Waals surface area contributed by atoms with Gasteiger partial charge in [0.1, 0.15) is 11.6 Å². The number of rotatable bonds is 34. The highest BCUT2D eigenvalue weighted by molar-refractivity contribution is 5.47. The summed E-state index contributed by atoms with van der Waals surface area (Å²) in [6, 6.07) is 0. The standard InChI is InChI=1S/C43H82N10/c1-9-13-17-21-25-29-33-52(34-30-26-22-18-14-10-2)42-47-41(51(8)37-50(7)40-45-38(5)44-39(6)46-40)48-43(49-42)53(35-31-27-23-19-15-11-3)36-32-28-24-20-16-12-4/h9-37H2,1-8H3. The van der Waals surface area contributed by atoms with E-state index in [0.29, 0.717) is 18.6 Å². The SMILES string of the molecule is CCCCCCCCN(CCCCCCCC)c1nc(N(C)CN(C)c2nc(C)nc(C)n2)nc(N(CCCCCCCC)CCCCCCCC)n1. The third kappa shape index (κ3) is 20.5. The van der Waals surface area contributed by atoms with Crippen molar-refractivity contribution in [1.29, 1.82) is 0 Å². The van der Waals surface area contributed by atoms with Crippen molar-refractivity contribution in [3.05, 3.63) is 11.6 Å². The monoisotopic (exact) mass is 739 g/mol. The lowest BCUT2D eigenvalue weighted by molar-refractivity contribution is 0.563. The van der Waals surface area contributed by atoms with Gasteiger partial charge >= 0.3 is 0 Å². The molecular formula is C43H82N10. The second kappa shape index (κ2) is 29.6. The molecule has 10 heteroatoms. The summed E-state index contributed by atoms with van der Waals surface area (Å²) in [6.07, 6.45) is 30.7. The second-order valence-electron chi connectivity index (χ2n) is 15.5. The first kappa shape index (κ1) is 46.4. The molecule has 0 aliphatic heterocycles. The normalized spacial score (nSPS) is 11.3. The number of nitrogens with zero attached hydrogens (tertiary/aromatic N) is 10. The zero-order valence-electron chi connectivity index (χ0n) is 36.0. The van der Waals surface area contributed by atoms with Crippen LogP contribution in [0.4, 0.5) is 23.8 Å². The summed E-state index contributed by atoms with van der Waals surface area (Å²) >= 11 is 0. The third-order valence-electron chi connectivity index (χ3n) is 10.2. The van der Waals surface area contributed by atoms with Gasteiger partial charge in [0, 0.05) is 40.3 Å². The van der Waals surface area contributed by atoms with E-state index in [0.717, 1.165) is 49.7 Å². The molecule has 304 valence electrons. The van der Waals surface area contributed by atoms with Gasteiger partial charge in [0.15, 0.2) is 0 Å². The van der Waals surface area contributed by atoms with Crippen molar-refractivity contribution in [2.45, 2.75) is 196 Å². The number of hydrogen-bond donors (Lipinski definition) is 0. The van der Waals surface area contributed by atoms with Crippen LogP contribution < -0.4 is 19.6 Å². The van der Waals surface area contributed by atoms with Gasteiger partial charge in [-0.3, -0.25) is 0 Å². The van der Waals surface area contributed by atoms with E-state index in [1.807, 2.05) is 20.9 Å². The summed E-state index contributed by atoms with van der Waals surface area (Å²) < 4.78 is 0. The molecule has 0 saturated heterocycles. The van der Waals surface area contributed by atoms with E-state index in [4.69, 9.17) is 15.0 Å². The average Bonchev–Trinajstić information content (AvgIpc) is 3.14. The van der Waals surface area contributed by atoms with Gasteiger partial charge in [-0.25, -0.2) is 4.98 Å². The van der Waals surface area contributed by atoms with Crippen molar-refractivity contribution in [3.63, 3.8) is 0 Å². The Labute approximate surface area is 326 Å². The zero-order chi connectivity index (χ0) is 38.5. The minimum Gasteiger partial charge on any atom is -0.341 e. The summed E-state index contributed by atoms with van der Waals surface area (Å²) in [5, 5.41) is 0. The fourth-order valence-corrected chi connectivity index (χ4v) is 6.97. The van der Waals surface area contributed by atoms with Gasteiger partial charge in [-0.05, 0) is 39.5 Å². The van der Waals surface area contributed by atoms with Crippen molar-refractivity contribution in [2.24, 2.45) is 0 Å². The first-order chi connectivity index (χ1) is 25.8. The molecule has 53 heavy (non-hydrogen) atoms. The third-order valence-corrected chi connectivity index (χ3v) is 10.2. The largest absolute Gasteiger partial charge is 0.341 e. The first-order valence-electron chi connectivity index (χ1n) is 22.2. The first-order valence-corrected chi connectivity index (χ1v) is 22.2. The van der Waals surface area contributed by atoms with Gasteiger partial charge in [0.25, 0.3) is 0 Å². The maximum Gasteiger partial charge on any atom is 0.233 e. The van der Waals surface area contributed by atoms with E-state index in [9.17, 15) is 0 Å². The van der Waals surface area contributed by atoms with Gasteiger partial charge in [0.05, 0.1) is 6.67 Å². The number of hydrogen-bond acceptors (Lipinski definition) is 10. The Bertz CT molecular complexity index is 1070. The molecule has 0 saturated carbocycles. The molecule has 0 N–H and O–H groups in total. The molecule has 0 spiro atoms. The average molecular weight is 739 g/mol. The highest BCUT2D eigenvalue weighted by atomic mass is 15.4. The lowest BCUT2D eigenvalue weighted by Gasteiger charge is -2.30. The second-order valence-corrected chi connectivity index (χ2v) is 15.5. The van der Waals surface area contributed by atoms with Crippen molar-refractivity contribution in [2.75, 3.05) is 66.5 Å². The molecule has 2 aromatic heterocycles. The van der Waals surface area contributed by atoms with Gasteiger partial charge in [-0.15, -0.1) is 0 Å². The lowest BCUT2D eigenvalue weighted by atomic mass is 10.1. The highest BCUT2D eigenvalue weighted by Gasteiger charge is 2.21. The molecule has 0 aliphatic carbocycles. The van der Waals surface area contributed by atoms with E-state index in [2.05, 4.69) is 69.3 Å². The fourth-order valence-electron chi connectivity index (χ4n) is 6.97. The number of aromatic nitrogens is 6. The predicted octanol–water partition coefficient (Wildman–Crippen LogP) is 11.3. The molecule has 0 atom stereocenters. The summed E-state index contributed by atoms with van der Waals surface area (Å²) in [5.41, 5.74) is 0. The molecular weight excluding hydrogens is 657 g/mol. The molecule has 0 fully saturated rings. The number of anilines is 4. The van der Waals surface area contributed by atoms with Crippen LogP contribution in [0, 0.1) is 13.8 Å². The fraction of sp³-hybridized carbons (Fsp3) is 0.860. The Morgan fingerprint density at radius 1 is 0.321 bits per heavy atom. The molecule has 0 aliphatic rings. The number of aryl methyl sites for hydroxylation is 2. The highest BCUT2D eigenvalue weighted by Crippen LogP contribution is 2.23. The van der Waals surface area contributed by atoms with Crippen LogP contribution in [0.5, 0.6) is 0 Å². The number of unbranched alkanes of at least 4 members (excludes halogenated alkanes) is 20. The van der Waals surface area contributed by atoms with E-state index >= 15 is 0 Å². The maximum atomic E-state index is 5.35. The zero-order valence-corrected chi connectivity index (χ0v) is 36.0. The molecule has 0 unspecified atom stereocenters. The molecule has 0 aromatic carbocycles. The van der Waals surface area contributed by atoms with E-state index in [1.54, 1.807) is 0 Å². The van der Waals surface area contributed by atoms with Crippen molar-refractivity contribution in [3.8, 4) is 0 Å². The molecule has 2 rings (SSSR count). The molecule has 0 radical (unpaired) electrons. The Balaban J connectivity index is 2.43. The van der Waals surface area contributed by atoms with Crippen molar-refractivity contribution in [1.82, 2.24) is 29.9 Å². The summed E-state index contributed by atoms with van der Waals surface area (Å²) in [6.45, 7) is 17.5. The molecule has 10 nitrogen and oxygen atoms in total. The predicted molar refractivity (Wildman–Crippen MR) is 229 cm³/mol. The van der Waals surface area contributed by atoms with Crippen molar-refractivity contribution < 1.29 is 0 Å². The van der Waals surface area contributed by atoms with Crippen LogP contribution in [0.1, 0.15) is 193 Å². The van der Waals surface area contributed by atoms with E-state index in [-0.39, 0.29) is 0 Å². The molecule has 0 amide bonds. The maximum absolute atomic E-state index is 5.35. The van der Waals surface area contributed by atoms with Crippen LogP contribution in [0.2, 0.25) is 0 Å². The van der Waals surface area contributed by atoms with Crippen molar-refractivity contribution >= 4 is 23.8 Å². The lowest BCUT2D eigenvalue weighted by Crippen LogP contribution is -2.37. The van der Waals surface area contributed by atoms with E-state index < -0.39 is 0 Å². The van der Waals surface area contributed by atoms with Gasteiger partial charge < -0.3 is 19.6 Å². The minimum atomic E-state index is 0.551. The summed E-state index contributed by atoms with van der Waals surface area (Å²) in [4.78, 5) is 38.6. The Kier molecular flexibility index (Phi) is 25.9. The van der Waals surface area contributed by atoms with Crippen LogP contribution in [0.15, 0.2) is 0 Å². The Morgan fingerprint density at radius 3 is 0.906 bits per heavy atom. The van der Waals surface area contributed by atoms with Crippen LogP contribution in [-0.4, -0.2) is 76.8 Å². The van der Waals surface area contributed by atoms with Gasteiger partial charge in [-0.2, -0.15) is 24.9 Å². The molecule has 0 bridgehead atoms. The Morgan fingerprint density at radius 2 is 0.585 bits per heavy atom. The quantitative estimate of drug-likeness (QED) is 0.0510. The minimum absolute atomic E-state index is 0.551. The summed E-state index contributed by atoms with van der Waals surface area (Å²) in [7, 11) is 4.11. The van der Waals surface area contributed by atoms with E-state index in [1.165, 1.54) is 154 Å². The molecule has 2 heterocycles. The molecule has 2 aromatic rings. The van der Waals surface area contributed by atoms with Crippen LogP contribution in [0.25, 0.3) is 0 Å². The smallest absolute Gasteiger partial charge is 0.233 e. The van der Waals surface area contributed by atoms with Gasteiger partial charge in [0.2, 0.25) is 23.8 Å². The topological polar surface area (TPSA) is 90.3 Å². The van der Waals surface area contributed by atoms with Gasteiger partial charge in [-0.1, -0.05) is 156 Å². The Hall–Kier alpha value is -2.78.